The van der Waals surface area contributed by atoms with Gasteiger partial charge in [-0.2, -0.15) is 0 Å². The first-order valence-electron chi connectivity index (χ1n) is 20.9. The molecule has 0 saturated carbocycles. The molecular weight excluding hydrogens is 755 g/mol. The van der Waals surface area contributed by atoms with Gasteiger partial charge in [-0.15, -0.1) is 10.2 Å². The summed E-state index contributed by atoms with van der Waals surface area (Å²) in [4.78, 5) is 10.6. The summed E-state index contributed by atoms with van der Waals surface area (Å²) in [6.45, 7) is 0. The number of aromatic nitrogens is 3. The van der Waals surface area contributed by atoms with Gasteiger partial charge in [0.2, 0.25) is 0 Å². The van der Waals surface area contributed by atoms with Gasteiger partial charge in [0, 0.05) is 38.3 Å². The standard InChI is InChI=1S/C57H35N5/c1-4-18-36(19-5-1)39-24-10-12-26-41(39)42-27-13-14-28-43(42)45-32-34-49-53(54-50(58-49)35-33-47-44-29-16-17-31-48(44)59-55(47)54)52(45)57-51(38-22-8-3-9-23-38)56(60-62-61-57)46-30-15-11-25-40(46)37-20-6-2-7-21-37/h1-35H. The van der Waals surface area contributed by atoms with Gasteiger partial charge in [-0.1, -0.05) is 188 Å². The molecule has 0 saturated heterocycles. The predicted molar refractivity (Wildman–Crippen MR) is 249 cm³/mol. The van der Waals surface area contributed by atoms with Crippen LogP contribution in [0.2, 0.25) is 0 Å². The van der Waals surface area contributed by atoms with Gasteiger partial charge in [0.15, 0.2) is 0 Å². The van der Waals surface area contributed by atoms with Crippen molar-refractivity contribution in [2.75, 3.05) is 0 Å². The van der Waals surface area contributed by atoms with Gasteiger partial charge in [-0.3, -0.25) is 0 Å². The number of fused-ring (bicyclic) bond motifs is 6. The van der Waals surface area contributed by atoms with Gasteiger partial charge < -0.3 is 0 Å². The first-order valence-corrected chi connectivity index (χ1v) is 20.9. The molecule has 0 unspecified atom stereocenters. The van der Waals surface area contributed by atoms with Crippen LogP contribution in [0.4, 0.5) is 11.4 Å². The normalized spacial score (nSPS) is 11.8. The molecule has 9 aromatic carbocycles. The highest BCUT2D eigenvalue weighted by molar-refractivity contribution is 6.09. The Labute approximate surface area is 358 Å². The monoisotopic (exact) mass is 789 g/mol. The van der Waals surface area contributed by atoms with Crippen LogP contribution >= 0.6 is 0 Å². The third kappa shape index (κ3) is 5.75. The topological polar surface area (TPSA) is 63.4 Å². The smallest absolute Gasteiger partial charge is 0.106 e. The van der Waals surface area contributed by atoms with Crippen LogP contribution in [0.3, 0.4) is 0 Å². The predicted octanol–water partition coefficient (Wildman–Crippen LogP) is 13.0. The average Bonchev–Trinajstić information content (AvgIpc) is 3.93. The van der Waals surface area contributed by atoms with Crippen LogP contribution in [0.1, 0.15) is 0 Å². The molecule has 0 spiro atoms. The van der Waals surface area contributed by atoms with Crippen LogP contribution in [0.25, 0.3) is 89.3 Å². The zero-order valence-corrected chi connectivity index (χ0v) is 33.4. The van der Waals surface area contributed by atoms with Gasteiger partial charge in [0.05, 0.1) is 22.1 Å². The molecule has 2 aliphatic heterocycles. The Bertz CT molecular complexity index is 3620. The molecule has 10 aromatic rings. The van der Waals surface area contributed by atoms with Crippen molar-refractivity contribution in [2.24, 2.45) is 9.98 Å². The van der Waals surface area contributed by atoms with Crippen LogP contribution in [0.15, 0.2) is 222 Å². The molecule has 0 atom stereocenters. The summed E-state index contributed by atoms with van der Waals surface area (Å²) in [6, 6.07) is 74.5. The van der Waals surface area contributed by atoms with Gasteiger partial charge in [-0.25, -0.2) is 9.98 Å². The molecule has 288 valence electrons. The maximum absolute atomic E-state index is 5.32. The average molecular weight is 790 g/mol. The molecule has 3 heterocycles. The second-order valence-electron chi connectivity index (χ2n) is 15.6. The van der Waals surface area contributed by atoms with E-state index < -0.39 is 0 Å². The first-order chi connectivity index (χ1) is 30.8. The maximum Gasteiger partial charge on any atom is 0.106 e. The van der Waals surface area contributed by atoms with E-state index in [-0.39, 0.29) is 0 Å². The van der Waals surface area contributed by atoms with Crippen LogP contribution < -0.4 is 10.7 Å². The number of benzene rings is 9. The lowest BCUT2D eigenvalue weighted by Gasteiger charge is -2.22. The minimum absolute atomic E-state index is 0.721. The lowest BCUT2D eigenvalue weighted by atomic mass is 9.82. The van der Waals surface area contributed by atoms with E-state index in [1.165, 1.54) is 0 Å². The highest BCUT2D eigenvalue weighted by Gasteiger charge is 2.31. The fraction of sp³-hybridized carbons (Fsp3) is 0. The third-order valence-corrected chi connectivity index (χ3v) is 12.1. The fourth-order valence-corrected chi connectivity index (χ4v) is 9.38. The molecule has 2 aliphatic rings. The van der Waals surface area contributed by atoms with E-state index in [0.717, 1.165) is 122 Å². The van der Waals surface area contributed by atoms with Crippen molar-refractivity contribution in [3.63, 3.8) is 0 Å². The number of nitrogens with zero attached hydrogens (tertiary/aromatic N) is 5. The van der Waals surface area contributed by atoms with Crippen LogP contribution in [0, 0.1) is 10.4 Å². The summed E-state index contributed by atoms with van der Waals surface area (Å²) < 4.78 is 0. The van der Waals surface area contributed by atoms with E-state index in [0.29, 0.717) is 0 Å². The molecule has 0 aliphatic carbocycles. The van der Waals surface area contributed by atoms with Crippen molar-refractivity contribution in [2.45, 2.75) is 0 Å². The highest BCUT2D eigenvalue weighted by atomic mass is 15.3. The largest absolute Gasteiger partial charge is 0.248 e. The van der Waals surface area contributed by atoms with E-state index in [1.807, 2.05) is 18.2 Å². The maximum atomic E-state index is 5.32. The van der Waals surface area contributed by atoms with E-state index in [2.05, 4.69) is 199 Å². The number of para-hydroxylation sites is 1. The van der Waals surface area contributed by atoms with Crippen LogP contribution in [0.5, 0.6) is 0 Å². The van der Waals surface area contributed by atoms with Crippen molar-refractivity contribution in [3.05, 3.63) is 233 Å². The number of hydrogen-bond acceptors (Lipinski definition) is 5. The molecule has 0 radical (unpaired) electrons. The Kier molecular flexibility index (Phi) is 8.42. The van der Waals surface area contributed by atoms with Gasteiger partial charge in [-0.05, 0) is 79.5 Å². The second-order valence-corrected chi connectivity index (χ2v) is 15.6. The zero-order valence-electron chi connectivity index (χ0n) is 33.4. The Morgan fingerprint density at radius 3 is 1.45 bits per heavy atom. The van der Waals surface area contributed by atoms with Crippen molar-refractivity contribution in [1.29, 1.82) is 0 Å². The summed E-state index contributed by atoms with van der Waals surface area (Å²) >= 11 is 0. The molecule has 5 heteroatoms. The zero-order chi connectivity index (χ0) is 41.0. The molecular formula is C57H35N5. The van der Waals surface area contributed by atoms with E-state index in [1.54, 1.807) is 0 Å². The van der Waals surface area contributed by atoms with E-state index >= 15 is 0 Å². The molecule has 0 bridgehead atoms. The van der Waals surface area contributed by atoms with Crippen LogP contribution in [-0.4, -0.2) is 15.4 Å². The summed E-state index contributed by atoms with van der Waals surface area (Å²) in [5.41, 5.74) is 17.8. The molecule has 12 rings (SSSR count). The minimum Gasteiger partial charge on any atom is -0.248 e. The van der Waals surface area contributed by atoms with Crippen molar-refractivity contribution < 1.29 is 0 Å². The lowest BCUT2D eigenvalue weighted by Crippen LogP contribution is -2.05. The third-order valence-electron chi connectivity index (χ3n) is 12.1. The molecule has 1 aromatic heterocycles. The SMILES string of the molecule is c1ccc(-c2ccccc2-c2ccccc2-c2ccc3c(c2-c2nnnc(-c4ccccc4-c4ccccc4)c2-c2ccccc2)-c2c4c(ccc2=N3)=c2ccccc2=N4)cc1. The van der Waals surface area contributed by atoms with Crippen molar-refractivity contribution in [3.8, 4) is 89.3 Å². The molecule has 5 nitrogen and oxygen atoms in total. The second kappa shape index (κ2) is 14.7. The highest BCUT2D eigenvalue weighted by Crippen LogP contribution is 2.53. The fourth-order valence-electron chi connectivity index (χ4n) is 9.38. The summed E-state index contributed by atoms with van der Waals surface area (Å²) in [5, 5.41) is 18.8. The Morgan fingerprint density at radius 2 is 0.774 bits per heavy atom. The Morgan fingerprint density at radius 1 is 0.258 bits per heavy atom. The van der Waals surface area contributed by atoms with Crippen molar-refractivity contribution in [1.82, 2.24) is 15.4 Å². The van der Waals surface area contributed by atoms with E-state index in [4.69, 9.17) is 20.2 Å². The lowest BCUT2D eigenvalue weighted by molar-refractivity contribution is 0.879. The minimum atomic E-state index is 0.721. The Balaban J connectivity index is 1.21. The molecule has 62 heavy (non-hydrogen) atoms. The van der Waals surface area contributed by atoms with Gasteiger partial charge in [0.1, 0.15) is 11.4 Å². The van der Waals surface area contributed by atoms with E-state index in [9.17, 15) is 0 Å². The quantitative estimate of drug-likeness (QED) is 0.162. The molecule has 0 amide bonds. The van der Waals surface area contributed by atoms with Crippen molar-refractivity contribution >= 4 is 11.4 Å². The van der Waals surface area contributed by atoms with Gasteiger partial charge in [0.25, 0.3) is 0 Å². The van der Waals surface area contributed by atoms with Gasteiger partial charge >= 0.3 is 0 Å². The molecule has 0 N–H and O–H groups in total. The summed E-state index contributed by atoms with van der Waals surface area (Å²) in [7, 11) is 0. The first kappa shape index (κ1) is 35.5. The summed E-state index contributed by atoms with van der Waals surface area (Å²) in [6.07, 6.45) is 0. The molecule has 0 fully saturated rings. The summed E-state index contributed by atoms with van der Waals surface area (Å²) in [5.74, 6) is 0. The number of rotatable bonds is 7. The Hall–Kier alpha value is -8.41. The van der Waals surface area contributed by atoms with Crippen LogP contribution in [-0.2, 0) is 0 Å². The number of hydrogen-bond donors (Lipinski definition) is 0.